The number of phenols is 1. The number of hydrogen-bond donors (Lipinski definition) is 2. The van der Waals surface area contributed by atoms with Crippen molar-refractivity contribution in [3.05, 3.63) is 53.1 Å². The quantitative estimate of drug-likeness (QED) is 0.676. The molecule has 3 aliphatic rings. The molecule has 2 aromatic rings. The minimum absolute atomic E-state index is 0.198. The summed E-state index contributed by atoms with van der Waals surface area (Å²) in [5.74, 6) is 0.917. The third-order valence-corrected chi connectivity index (χ3v) is 9.99. The Hall–Kier alpha value is -2.13. The number of aromatic hydroxyl groups is 1. The number of aryl methyl sites for hydroxylation is 1. The third-order valence-electron chi connectivity index (χ3n) is 8.48. The van der Waals surface area contributed by atoms with Crippen LogP contribution in [0.3, 0.4) is 0 Å². The highest BCUT2D eigenvalue weighted by Crippen LogP contribution is 2.59. The van der Waals surface area contributed by atoms with Gasteiger partial charge in [0.05, 0.1) is 18.1 Å². The maximum atomic E-state index is 13.3. The molecule has 2 bridgehead atoms. The van der Waals surface area contributed by atoms with Crippen LogP contribution in [0.1, 0.15) is 36.0 Å². The van der Waals surface area contributed by atoms with Crippen LogP contribution < -0.4 is 9.46 Å². The molecule has 1 saturated carbocycles. The van der Waals surface area contributed by atoms with E-state index in [1.807, 2.05) is 13.0 Å². The van der Waals surface area contributed by atoms with Crippen molar-refractivity contribution in [2.24, 2.45) is 5.92 Å². The lowest BCUT2D eigenvalue weighted by Crippen LogP contribution is -2.65. The van der Waals surface area contributed by atoms with Gasteiger partial charge < -0.3 is 19.5 Å². The molecule has 2 aromatic carbocycles. The summed E-state index contributed by atoms with van der Waals surface area (Å²) in [4.78, 5) is 2.67. The van der Waals surface area contributed by atoms with Gasteiger partial charge in [0.2, 0.25) is 10.0 Å². The summed E-state index contributed by atoms with van der Waals surface area (Å²) in [6.07, 6.45) is 2.74. The van der Waals surface area contributed by atoms with Gasteiger partial charge in [0.15, 0.2) is 11.5 Å². The van der Waals surface area contributed by atoms with Crippen molar-refractivity contribution in [3.63, 3.8) is 0 Å². The highest BCUT2D eigenvalue weighted by atomic mass is 32.2. The fraction of sp³-hybridized carbons (Fsp3) is 0.538. The van der Waals surface area contributed by atoms with Gasteiger partial charge in [-0.15, -0.1) is 0 Å². The van der Waals surface area contributed by atoms with Gasteiger partial charge in [-0.05, 0) is 75.9 Å². The minimum atomic E-state index is -3.73. The van der Waals surface area contributed by atoms with Gasteiger partial charge in [-0.3, -0.25) is 0 Å². The summed E-state index contributed by atoms with van der Waals surface area (Å²) < 4.78 is 41.0. The number of likely N-dealkylation sites (N-methyl/N-ethyl adjacent to an activating group) is 1. The molecular weight excluding hydrogens is 452 g/mol. The van der Waals surface area contributed by atoms with Crippen LogP contribution >= 0.6 is 0 Å². The molecule has 7 nitrogen and oxygen atoms in total. The molecule has 34 heavy (non-hydrogen) atoms. The van der Waals surface area contributed by atoms with Crippen molar-refractivity contribution in [2.75, 3.05) is 27.8 Å². The lowest BCUT2D eigenvalue weighted by Gasteiger charge is -2.60. The van der Waals surface area contributed by atoms with Gasteiger partial charge >= 0.3 is 0 Å². The fourth-order valence-electron chi connectivity index (χ4n) is 6.78. The minimum Gasteiger partial charge on any atom is -0.504 e. The first-order valence-electron chi connectivity index (χ1n) is 11.9. The summed E-state index contributed by atoms with van der Waals surface area (Å²) in [6.45, 7) is 2.83. The average molecular weight is 487 g/mol. The van der Waals surface area contributed by atoms with E-state index < -0.39 is 16.1 Å². The third kappa shape index (κ3) is 3.63. The zero-order valence-electron chi connectivity index (χ0n) is 20.2. The summed E-state index contributed by atoms with van der Waals surface area (Å²) >= 11 is 0. The van der Waals surface area contributed by atoms with Crippen LogP contribution in [0.15, 0.2) is 41.3 Å². The fourth-order valence-corrected chi connectivity index (χ4v) is 8.04. The van der Waals surface area contributed by atoms with Crippen molar-refractivity contribution in [3.8, 4) is 11.5 Å². The second-order valence-electron chi connectivity index (χ2n) is 10.2. The zero-order chi connectivity index (χ0) is 24.3. The highest BCUT2D eigenvalue weighted by Gasteiger charge is 2.58. The van der Waals surface area contributed by atoms with E-state index in [-0.39, 0.29) is 28.1 Å². The Kier molecular flexibility index (Phi) is 5.91. The molecule has 2 aliphatic carbocycles. The first-order valence-corrected chi connectivity index (χ1v) is 13.4. The molecule has 8 heteroatoms. The van der Waals surface area contributed by atoms with E-state index in [0.717, 1.165) is 42.5 Å². The van der Waals surface area contributed by atoms with Crippen LogP contribution in [0, 0.1) is 12.8 Å². The number of rotatable bonds is 5. The normalized spacial score (nSPS) is 30.9. The summed E-state index contributed by atoms with van der Waals surface area (Å²) in [7, 11) is 1.66. The van der Waals surface area contributed by atoms with Crippen molar-refractivity contribution in [2.45, 2.75) is 61.1 Å². The molecule has 0 amide bonds. The molecule has 1 saturated heterocycles. The zero-order valence-corrected chi connectivity index (χ0v) is 21.1. The van der Waals surface area contributed by atoms with E-state index in [9.17, 15) is 13.5 Å². The van der Waals surface area contributed by atoms with Gasteiger partial charge in [-0.1, -0.05) is 23.8 Å². The van der Waals surface area contributed by atoms with Gasteiger partial charge in [-0.2, -0.15) is 0 Å². The van der Waals surface area contributed by atoms with Crippen LogP contribution in [-0.2, 0) is 26.6 Å². The molecule has 2 N–H and O–H groups in total. The number of likely N-dealkylation sites (tertiary alicyclic amines) is 1. The largest absolute Gasteiger partial charge is 0.504 e. The van der Waals surface area contributed by atoms with Gasteiger partial charge in [0, 0.05) is 30.2 Å². The van der Waals surface area contributed by atoms with Crippen LogP contribution in [0.2, 0.25) is 0 Å². The number of nitrogens with one attached hydrogen (secondary N) is 1. The standard InChI is InChI=1S/C26H34N2O5S/c1-16-5-8-18(9-6-16)34(30,31)27-20-15-26-11-12-28(2)21(19(26)14-23(20)33-4)13-17-7-10-22(32-3)25(29)24(17)26/h5-10,19-21,23,27,29H,11-15H2,1-4H3/t19-,20-,21+,23-,26-/m1/s1. The first-order chi connectivity index (χ1) is 16.2. The molecule has 2 fully saturated rings. The summed E-state index contributed by atoms with van der Waals surface area (Å²) in [5, 5.41) is 11.3. The Morgan fingerprint density at radius 3 is 2.56 bits per heavy atom. The predicted octanol–water partition coefficient (Wildman–Crippen LogP) is 2.98. The molecular formula is C26H34N2O5S. The number of sulfonamides is 1. The average Bonchev–Trinajstić information content (AvgIpc) is 2.81. The van der Waals surface area contributed by atoms with E-state index in [4.69, 9.17) is 9.47 Å². The number of benzene rings is 2. The van der Waals surface area contributed by atoms with Gasteiger partial charge in [0.1, 0.15) is 0 Å². The smallest absolute Gasteiger partial charge is 0.240 e. The second kappa shape index (κ2) is 8.52. The van der Waals surface area contributed by atoms with Crippen molar-refractivity contribution in [1.82, 2.24) is 9.62 Å². The van der Waals surface area contributed by atoms with Crippen LogP contribution in [-0.4, -0.2) is 64.4 Å². The van der Waals surface area contributed by atoms with E-state index in [2.05, 4.69) is 22.7 Å². The number of fused-ring (bicyclic) bond motifs is 1. The molecule has 5 rings (SSSR count). The number of nitrogens with zero attached hydrogens (tertiary/aromatic N) is 1. The number of piperidine rings is 1. The summed E-state index contributed by atoms with van der Waals surface area (Å²) in [6, 6.07) is 10.7. The Morgan fingerprint density at radius 2 is 1.88 bits per heavy atom. The van der Waals surface area contributed by atoms with Crippen LogP contribution in [0.4, 0.5) is 0 Å². The number of hydrogen-bond acceptors (Lipinski definition) is 6. The Labute approximate surface area is 202 Å². The second-order valence-corrected chi connectivity index (χ2v) is 11.9. The van der Waals surface area contributed by atoms with Crippen LogP contribution in [0.25, 0.3) is 0 Å². The SMILES string of the molecule is COc1ccc2c(c1O)[C@@]13CCN(C)[C@@H](C2)[C@H]1C[C@@H](OC)[C@H](NS(=O)(=O)c1ccc(C)cc1)C3. The first kappa shape index (κ1) is 23.6. The van der Waals surface area contributed by atoms with Gasteiger partial charge in [0.25, 0.3) is 0 Å². The predicted molar refractivity (Wildman–Crippen MR) is 130 cm³/mol. The maximum absolute atomic E-state index is 13.3. The van der Waals surface area contributed by atoms with Crippen molar-refractivity contribution in [1.29, 1.82) is 0 Å². The van der Waals surface area contributed by atoms with Gasteiger partial charge in [-0.25, -0.2) is 13.1 Å². The van der Waals surface area contributed by atoms with E-state index in [1.54, 1.807) is 38.5 Å². The molecule has 0 spiro atoms. The summed E-state index contributed by atoms with van der Waals surface area (Å²) in [5.41, 5.74) is 2.73. The molecule has 0 aromatic heterocycles. The van der Waals surface area contributed by atoms with E-state index in [1.165, 1.54) is 0 Å². The van der Waals surface area contributed by atoms with Crippen molar-refractivity contribution < 1.29 is 23.0 Å². The number of phenolic OH excluding ortho intramolecular Hbond substituents is 1. The lowest BCUT2D eigenvalue weighted by atomic mass is 9.51. The Bertz CT molecular complexity index is 1180. The highest BCUT2D eigenvalue weighted by molar-refractivity contribution is 7.89. The molecule has 1 aliphatic heterocycles. The molecule has 1 heterocycles. The molecule has 0 radical (unpaired) electrons. The number of ether oxygens (including phenoxy) is 2. The topological polar surface area (TPSA) is 88.1 Å². The van der Waals surface area contributed by atoms with Crippen molar-refractivity contribution >= 4 is 10.0 Å². The number of methoxy groups -OCH3 is 2. The Morgan fingerprint density at radius 1 is 1.15 bits per heavy atom. The molecule has 0 unspecified atom stereocenters. The van der Waals surface area contributed by atoms with E-state index >= 15 is 0 Å². The van der Waals surface area contributed by atoms with Crippen LogP contribution in [0.5, 0.6) is 11.5 Å². The maximum Gasteiger partial charge on any atom is 0.240 e. The Balaban J connectivity index is 1.58. The lowest BCUT2D eigenvalue weighted by molar-refractivity contribution is -0.0657. The molecule has 184 valence electrons. The molecule has 5 atom stereocenters. The monoisotopic (exact) mass is 486 g/mol. The van der Waals surface area contributed by atoms with E-state index in [0.29, 0.717) is 18.2 Å².